The molecule has 1 aromatic rings. The third-order valence-corrected chi connectivity index (χ3v) is 3.12. The van der Waals surface area contributed by atoms with Crippen LogP contribution in [0, 0.1) is 16.7 Å². The summed E-state index contributed by atoms with van der Waals surface area (Å²) in [5.74, 6) is 1.64. The van der Waals surface area contributed by atoms with Gasteiger partial charge in [-0.05, 0) is 23.4 Å². The van der Waals surface area contributed by atoms with Crippen LogP contribution in [-0.4, -0.2) is 12.4 Å². The molecule has 0 aromatic heterocycles. The molecule has 0 bridgehead atoms. The summed E-state index contributed by atoms with van der Waals surface area (Å²) in [5.41, 5.74) is 1.09. The lowest BCUT2D eigenvalue weighted by Crippen LogP contribution is -2.23. The zero-order chi connectivity index (χ0) is 12.0. The van der Waals surface area contributed by atoms with E-state index in [1.165, 1.54) is 0 Å². The summed E-state index contributed by atoms with van der Waals surface area (Å²) in [7, 11) is 0. The topological polar surface area (TPSA) is 33.0 Å². The number of hydrogen-bond donors (Lipinski definition) is 1. The van der Waals surface area contributed by atoms with E-state index in [0.717, 1.165) is 17.1 Å². The molecule has 0 aliphatic heterocycles. The first-order chi connectivity index (χ1) is 7.57. The standard InChI is InChI=1S/C13H17NOS/c1-13(2,10-16)9-15-12-5-3-11(4-6-12)7-8-14/h3-6,16H,7,9-10H2,1-2H3. The Bertz CT molecular complexity index is 365. The number of benzene rings is 1. The number of nitriles is 1. The van der Waals surface area contributed by atoms with Gasteiger partial charge < -0.3 is 4.74 Å². The first-order valence-corrected chi connectivity index (χ1v) is 5.90. The fourth-order valence-corrected chi connectivity index (χ4v) is 1.21. The van der Waals surface area contributed by atoms with Crippen molar-refractivity contribution in [2.45, 2.75) is 20.3 Å². The normalized spacial score (nSPS) is 10.9. The molecule has 0 radical (unpaired) electrons. The summed E-state index contributed by atoms with van der Waals surface area (Å²) >= 11 is 4.28. The van der Waals surface area contributed by atoms with Gasteiger partial charge in [0, 0.05) is 5.41 Å². The van der Waals surface area contributed by atoms with Crippen LogP contribution >= 0.6 is 12.6 Å². The quantitative estimate of drug-likeness (QED) is 0.796. The molecule has 0 unspecified atom stereocenters. The second-order valence-corrected chi connectivity index (χ2v) is 4.91. The van der Waals surface area contributed by atoms with Gasteiger partial charge in [-0.2, -0.15) is 17.9 Å². The van der Waals surface area contributed by atoms with Crippen molar-refractivity contribution in [3.05, 3.63) is 29.8 Å². The zero-order valence-corrected chi connectivity index (χ0v) is 10.6. The molecule has 0 atom stereocenters. The molecular formula is C13H17NOS. The van der Waals surface area contributed by atoms with Crippen LogP contribution in [-0.2, 0) is 6.42 Å². The van der Waals surface area contributed by atoms with Crippen molar-refractivity contribution in [3.8, 4) is 11.8 Å². The molecule has 1 aromatic carbocycles. The van der Waals surface area contributed by atoms with Gasteiger partial charge in [0.2, 0.25) is 0 Å². The molecule has 2 nitrogen and oxygen atoms in total. The van der Waals surface area contributed by atoms with Gasteiger partial charge in [0.25, 0.3) is 0 Å². The third kappa shape index (κ3) is 4.16. The summed E-state index contributed by atoms with van der Waals surface area (Å²) in [4.78, 5) is 0. The average Bonchev–Trinajstić information content (AvgIpc) is 2.29. The third-order valence-electron chi connectivity index (χ3n) is 2.26. The summed E-state index contributed by atoms with van der Waals surface area (Å²) in [6.07, 6.45) is 0.447. The molecule has 86 valence electrons. The van der Waals surface area contributed by atoms with Gasteiger partial charge in [0.15, 0.2) is 0 Å². The molecule has 0 saturated carbocycles. The van der Waals surface area contributed by atoms with Crippen LogP contribution < -0.4 is 4.74 Å². The molecule has 0 heterocycles. The van der Waals surface area contributed by atoms with Crippen molar-refractivity contribution in [2.75, 3.05) is 12.4 Å². The Hall–Kier alpha value is -1.14. The number of ether oxygens (including phenoxy) is 1. The van der Waals surface area contributed by atoms with E-state index >= 15 is 0 Å². The largest absolute Gasteiger partial charge is 0.493 e. The second-order valence-electron chi connectivity index (χ2n) is 4.59. The number of rotatable bonds is 5. The van der Waals surface area contributed by atoms with Crippen LogP contribution in [0.1, 0.15) is 19.4 Å². The second kappa shape index (κ2) is 5.81. The fraction of sp³-hybridized carbons (Fsp3) is 0.462. The molecule has 0 spiro atoms. The van der Waals surface area contributed by atoms with E-state index in [1.807, 2.05) is 24.3 Å². The number of thiol groups is 1. The van der Waals surface area contributed by atoms with Crippen LogP contribution in [0.5, 0.6) is 5.75 Å². The van der Waals surface area contributed by atoms with E-state index in [-0.39, 0.29) is 5.41 Å². The summed E-state index contributed by atoms with van der Waals surface area (Å²) in [5, 5.41) is 8.54. The van der Waals surface area contributed by atoms with Crippen LogP contribution in [0.15, 0.2) is 24.3 Å². The lowest BCUT2D eigenvalue weighted by atomic mass is 9.98. The van der Waals surface area contributed by atoms with E-state index in [4.69, 9.17) is 10.00 Å². The van der Waals surface area contributed by atoms with Crippen molar-refractivity contribution >= 4 is 12.6 Å². The number of hydrogen-bond acceptors (Lipinski definition) is 3. The molecule has 0 aliphatic rings. The van der Waals surface area contributed by atoms with Gasteiger partial charge in [-0.25, -0.2) is 0 Å². The summed E-state index contributed by atoms with van der Waals surface area (Å²) < 4.78 is 5.66. The van der Waals surface area contributed by atoms with Crippen LogP contribution in [0.3, 0.4) is 0 Å². The lowest BCUT2D eigenvalue weighted by molar-refractivity contribution is 0.202. The van der Waals surface area contributed by atoms with Gasteiger partial charge in [-0.15, -0.1) is 0 Å². The van der Waals surface area contributed by atoms with Crippen LogP contribution in [0.25, 0.3) is 0 Å². The molecule has 3 heteroatoms. The predicted molar refractivity (Wildman–Crippen MR) is 68.9 cm³/mol. The monoisotopic (exact) mass is 235 g/mol. The van der Waals surface area contributed by atoms with E-state index in [0.29, 0.717) is 13.0 Å². The SMILES string of the molecule is CC(C)(CS)COc1ccc(CC#N)cc1. The fourth-order valence-electron chi connectivity index (χ4n) is 1.12. The Morgan fingerprint density at radius 3 is 2.44 bits per heavy atom. The van der Waals surface area contributed by atoms with E-state index in [1.54, 1.807) is 0 Å². The molecular weight excluding hydrogens is 218 g/mol. The lowest BCUT2D eigenvalue weighted by Gasteiger charge is -2.22. The average molecular weight is 235 g/mol. The summed E-state index contributed by atoms with van der Waals surface area (Å²) in [6.45, 7) is 4.88. The number of nitrogens with zero attached hydrogens (tertiary/aromatic N) is 1. The predicted octanol–water partition coefficient (Wildman–Crippen LogP) is 3.09. The Morgan fingerprint density at radius 1 is 1.31 bits per heavy atom. The van der Waals surface area contributed by atoms with Crippen LogP contribution in [0.4, 0.5) is 0 Å². The molecule has 0 amide bonds. The zero-order valence-electron chi connectivity index (χ0n) is 9.73. The molecule has 16 heavy (non-hydrogen) atoms. The molecule has 0 fully saturated rings. The van der Waals surface area contributed by atoms with Crippen LogP contribution in [0.2, 0.25) is 0 Å². The van der Waals surface area contributed by atoms with Gasteiger partial charge in [0.05, 0.1) is 19.1 Å². The Labute approximate surface area is 103 Å². The van der Waals surface area contributed by atoms with Crippen molar-refractivity contribution in [1.82, 2.24) is 0 Å². The van der Waals surface area contributed by atoms with Crippen molar-refractivity contribution < 1.29 is 4.74 Å². The smallest absolute Gasteiger partial charge is 0.119 e. The molecule has 0 aliphatic carbocycles. The molecule has 0 saturated heterocycles. The van der Waals surface area contributed by atoms with E-state index < -0.39 is 0 Å². The Kier molecular flexibility index (Phi) is 4.70. The maximum atomic E-state index is 8.54. The highest BCUT2D eigenvalue weighted by atomic mass is 32.1. The van der Waals surface area contributed by atoms with E-state index in [9.17, 15) is 0 Å². The minimum atomic E-state index is 0.0778. The first-order valence-electron chi connectivity index (χ1n) is 5.27. The van der Waals surface area contributed by atoms with E-state index in [2.05, 4.69) is 32.5 Å². The summed E-state index contributed by atoms with van der Waals surface area (Å²) in [6, 6.07) is 9.77. The molecule has 1 rings (SSSR count). The van der Waals surface area contributed by atoms with Gasteiger partial charge in [0.1, 0.15) is 5.75 Å². The highest BCUT2D eigenvalue weighted by Gasteiger charge is 2.16. The Morgan fingerprint density at radius 2 is 1.94 bits per heavy atom. The maximum absolute atomic E-state index is 8.54. The maximum Gasteiger partial charge on any atom is 0.119 e. The van der Waals surface area contributed by atoms with Crippen molar-refractivity contribution in [3.63, 3.8) is 0 Å². The highest BCUT2D eigenvalue weighted by molar-refractivity contribution is 7.80. The van der Waals surface area contributed by atoms with Gasteiger partial charge in [-0.3, -0.25) is 0 Å². The molecule has 0 N–H and O–H groups in total. The van der Waals surface area contributed by atoms with Gasteiger partial charge in [-0.1, -0.05) is 26.0 Å². The minimum absolute atomic E-state index is 0.0778. The van der Waals surface area contributed by atoms with Crippen molar-refractivity contribution in [2.24, 2.45) is 5.41 Å². The Balaban J connectivity index is 2.53. The minimum Gasteiger partial charge on any atom is -0.493 e. The highest BCUT2D eigenvalue weighted by Crippen LogP contribution is 2.20. The van der Waals surface area contributed by atoms with Gasteiger partial charge >= 0.3 is 0 Å². The van der Waals surface area contributed by atoms with Crippen molar-refractivity contribution in [1.29, 1.82) is 5.26 Å². The first kappa shape index (κ1) is 12.9.